The van der Waals surface area contributed by atoms with Crippen LogP contribution in [0.4, 0.5) is 0 Å². The van der Waals surface area contributed by atoms with E-state index in [1.165, 1.54) is 5.56 Å². The molecule has 0 heterocycles. The highest BCUT2D eigenvalue weighted by atomic mass is 35.5. The van der Waals surface area contributed by atoms with Crippen molar-refractivity contribution >= 4 is 23.4 Å². The summed E-state index contributed by atoms with van der Waals surface area (Å²) in [6.45, 7) is 6.64. The van der Waals surface area contributed by atoms with Gasteiger partial charge in [0, 0.05) is 10.5 Å². The Morgan fingerprint density at radius 1 is 1.21 bits per heavy atom. The van der Waals surface area contributed by atoms with Crippen molar-refractivity contribution in [1.29, 1.82) is 0 Å². The molecule has 0 aliphatic heterocycles. The van der Waals surface area contributed by atoms with Crippen molar-refractivity contribution in [3.05, 3.63) is 35.9 Å². The van der Waals surface area contributed by atoms with E-state index in [9.17, 15) is 0 Å². The Bertz CT molecular complexity index is 263. The van der Waals surface area contributed by atoms with Crippen molar-refractivity contribution in [3.63, 3.8) is 0 Å². The van der Waals surface area contributed by atoms with Crippen LogP contribution in [-0.4, -0.2) is 10.5 Å². The summed E-state index contributed by atoms with van der Waals surface area (Å²) in [7, 11) is 0. The van der Waals surface area contributed by atoms with Gasteiger partial charge in [-0.2, -0.15) is 11.8 Å². The van der Waals surface area contributed by atoms with Gasteiger partial charge in [-0.15, -0.1) is 11.6 Å². The molecule has 0 N–H and O–H groups in total. The van der Waals surface area contributed by atoms with Crippen LogP contribution >= 0.6 is 23.4 Å². The van der Waals surface area contributed by atoms with Crippen LogP contribution in [0.5, 0.6) is 0 Å². The lowest BCUT2D eigenvalue weighted by Crippen LogP contribution is -2.10. The maximum Gasteiger partial charge on any atom is 0.0675 e. The Morgan fingerprint density at radius 3 is 2.29 bits per heavy atom. The first-order valence-corrected chi connectivity index (χ1v) is 6.24. The number of halogens is 1. The highest BCUT2D eigenvalue weighted by molar-refractivity contribution is 8.00. The molecule has 0 aromatic heterocycles. The summed E-state index contributed by atoms with van der Waals surface area (Å²) in [5.41, 5.74) is 1.21. The first-order chi connectivity index (χ1) is 6.49. The fraction of sp³-hybridized carbons (Fsp3) is 0.500. The molecule has 1 aromatic carbocycles. The van der Waals surface area contributed by atoms with E-state index in [0.717, 1.165) is 5.75 Å². The molecule has 0 amide bonds. The van der Waals surface area contributed by atoms with E-state index in [1.807, 2.05) is 30.0 Å². The van der Waals surface area contributed by atoms with Gasteiger partial charge in [0.05, 0.1) is 5.38 Å². The van der Waals surface area contributed by atoms with Crippen LogP contribution in [0.15, 0.2) is 30.3 Å². The van der Waals surface area contributed by atoms with Crippen LogP contribution in [0.1, 0.15) is 31.7 Å². The van der Waals surface area contributed by atoms with Gasteiger partial charge in [0.2, 0.25) is 0 Å². The summed E-state index contributed by atoms with van der Waals surface area (Å²) in [5.74, 6) is 0.967. The predicted octanol–water partition coefficient (Wildman–Crippen LogP) is 4.50. The van der Waals surface area contributed by atoms with E-state index in [1.54, 1.807) is 0 Å². The van der Waals surface area contributed by atoms with Crippen LogP contribution in [-0.2, 0) is 0 Å². The van der Waals surface area contributed by atoms with E-state index in [4.69, 9.17) is 11.6 Å². The largest absolute Gasteiger partial charge is 0.154 e. The van der Waals surface area contributed by atoms with Gasteiger partial charge in [0.25, 0.3) is 0 Å². The molecule has 1 atom stereocenters. The zero-order valence-electron chi connectivity index (χ0n) is 8.96. The minimum Gasteiger partial charge on any atom is -0.154 e. The van der Waals surface area contributed by atoms with Gasteiger partial charge in [-0.1, -0.05) is 51.1 Å². The smallest absolute Gasteiger partial charge is 0.0675 e. The molecule has 0 radical (unpaired) electrons. The van der Waals surface area contributed by atoms with Crippen molar-refractivity contribution < 1.29 is 0 Å². The van der Waals surface area contributed by atoms with Crippen molar-refractivity contribution in [2.75, 3.05) is 5.75 Å². The Balaban J connectivity index is 2.48. The second-order valence-corrected chi connectivity index (χ2v) is 6.68. The van der Waals surface area contributed by atoms with Crippen molar-refractivity contribution in [3.8, 4) is 0 Å². The van der Waals surface area contributed by atoms with Crippen molar-refractivity contribution in [2.45, 2.75) is 30.9 Å². The van der Waals surface area contributed by atoms with Crippen molar-refractivity contribution in [2.24, 2.45) is 0 Å². The van der Waals surface area contributed by atoms with E-state index >= 15 is 0 Å². The van der Waals surface area contributed by atoms with Crippen LogP contribution in [0.25, 0.3) is 0 Å². The fourth-order valence-corrected chi connectivity index (χ4v) is 2.25. The van der Waals surface area contributed by atoms with Gasteiger partial charge < -0.3 is 0 Å². The van der Waals surface area contributed by atoms with Crippen LogP contribution < -0.4 is 0 Å². The van der Waals surface area contributed by atoms with E-state index in [-0.39, 0.29) is 5.38 Å². The van der Waals surface area contributed by atoms with Crippen LogP contribution in [0.3, 0.4) is 0 Å². The zero-order chi connectivity index (χ0) is 10.6. The summed E-state index contributed by atoms with van der Waals surface area (Å²) in [6, 6.07) is 10.3. The molecule has 0 aliphatic rings. The van der Waals surface area contributed by atoms with E-state index in [2.05, 4.69) is 32.9 Å². The molecule has 1 rings (SSSR count). The molecule has 2 heteroatoms. The second-order valence-electron chi connectivity index (χ2n) is 4.30. The Labute approximate surface area is 96.0 Å². The van der Waals surface area contributed by atoms with E-state index < -0.39 is 0 Å². The molecule has 0 fully saturated rings. The second kappa shape index (κ2) is 5.09. The third kappa shape index (κ3) is 4.39. The number of hydrogen-bond acceptors (Lipinski definition) is 1. The number of hydrogen-bond donors (Lipinski definition) is 0. The fourth-order valence-electron chi connectivity index (χ4n) is 1.08. The minimum atomic E-state index is 0.125. The standard InChI is InChI=1S/C12H17ClS/c1-12(2,3)14-9-11(13)10-7-5-4-6-8-10/h4-8,11H,9H2,1-3H3. The van der Waals surface area contributed by atoms with Crippen molar-refractivity contribution in [1.82, 2.24) is 0 Å². The van der Waals surface area contributed by atoms with Gasteiger partial charge in [0.1, 0.15) is 0 Å². The first kappa shape index (κ1) is 11.9. The van der Waals surface area contributed by atoms with Crippen LogP contribution in [0.2, 0.25) is 0 Å². The summed E-state index contributed by atoms with van der Waals surface area (Å²) in [5, 5.41) is 0.125. The Hall–Kier alpha value is -0.140. The summed E-state index contributed by atoms with van der Waals surface area (Å²) in [4.78, 5) is 0. The first-order valence-electron chi connectivity index (χ1n) is 4.82. The molecule has 0 aliphatic carbocycles. The van der Waals surface area contributed by atoms with Gasteiger partial charge in [-0.3, -0.25) is 0 Å². The average molecular weight is 229 g/mol. The summed E-state index contributed by atoms with van der Waals surface area (Å²) in [6.07, 6.45) is 0. The lowest BCUT2D eigenvalue weighted by molar-refractivity contribution is 0.800. The molecule has 0 saturated heterocycles. The maximum absolute atomic E-state index is 6.29. The van der Waals surface area contributed by atoms with Crippen LogP contribution in [0, 0.1) is 0 Å². The Morgan fingerprint density at radius 2 is 1.79 bits per heavy atom. The SMILES string of the molecule is CC(C)(C)SCC(Cl)c1ccccc1. The molecule has 1 aromatic rings. The molecular weight excluding hydrogens is 212 g/mol. The normalized spacial score (nSPS) is 14.0. The van der Waals surface area contributed by atoms with Gasteiger partial charge >= 0.3 is 0 Å². The lowest BCUT2D eigenvalue weighted by atomic mass is 10.2. The number of benzene rings is 1. The Kier molecular flexibility index (Phi) is 4.33. The molecule has 1 unspecified atom stereocenters. The minimum absolute atomic E-state index is 0.125. The van der Waals surface area contributed by atoms with Gasteiger partial charge in [-0.25, -0.2) is 0 Å². The van der Waals surface area contributed by atoms with E-state index in [0.29, 0.717) is 4.75 Å². The molecule has 0 nitrogen and oxygen atoms in total. The monoisotopic (exact) mass is 228 g/mol. The van der Waals surface area contributed by atoms with Gasteiger partial charge in [0.15, 0.2) is 0 Å². The molecule has 0 spiro atoms. The maximum atomic E-state index is 6.29. The average Bonchev–Trinajstić information content (AvgIpc) is 2.14. The molecule has 78 valence electrons. The number of rotatable bonds is 3. The lowest BCUT2D eigenvalue weighted by Gasteiger charge is -2.19. The summed E-state index contributed by atoms with van der Waals surface area (Å²) >= 11 is 8.20. The molecule has 0 bridgehead atoms. The topological polar surface area (TPSA) is 0 Å². The quantitative estimate of drug-likeness (QED) is 0.687. The number of thioether (sulfide) groups is 1. The molecular formula is C12H17ClS. The molecule has 14 heavy (non-hydrogen) atoms. The number of alkyl halides is 1. The third-order valence-corrected chi connectivity index (χ3v) is 3.78. The van der Waals surface area contributed by atoms with Gasteiger partial charge in [-0.05, 0) is 5.56 Å². The highest BCUT2D eigenvalue weighted by Gasteiger charge is 2.14. The molecule has 0 saturated carbocycles. The zero-order valence-corrected chi connectivity index (χ0v) is 10.5. The summed E-state index contributed by atoms with van der Waals surface area (Å²) < 4.78 is 0.294. The third-order valence-electron chi connectivity index (χ3n) is 1.82. The highest BCUT2D eigenvalue weighted by Crippen LogP contribution is 2.31. The predicted molar refractivity (Wildman–Crippen MR) is 67.2 cm³/mol.